The molecule has 0 spiro atoms. The minimum absolute atomic E-state index is 0.119. The predicted octanol–water partition coefficient (Wildman–Crippen LogP) is 3.63. The first-order valence-electron chi connectivity index (χ1n) is 9.06. The van der Waals surface area contributed by atoms with Gasteiger partial charge in [0, 0.05) is 16.7 Å². The molecule has 0 radical (unpaired) electrons. The van der Waals surface area contributed by atoms with Gasteiger partial charge < -0.3 is 4.74 Å². The van der Waals surface area contributed by atoms with Crippen molar-refractivity contribution in [1.82, 2.24) is 15.0 Å². The summed E-state index contributed by atoms with van der Waals surface area (Å²) in [6.07, 6.45) is 1.66. The highest BCUT2D eigenvalue weighted by Gasteiger charge is 2.52. The van der Waals surface area contributed by atoms with Crippen molar-refractivity contribution in [2.75, 3.05) is 0 Å². The lowest BCUT2D eigenvalue weighted by Crippen LogP contribution is -2.34. The molecule has 1 aliphatic heterocycles. The second-order valence-electron chi connectivity index (χ2n) is 7.48. The van der Waals surface area contributed by atoms with E-state index in [0.29, 0.717) is 16.7 Å². The highest BCUT2D eigenvalue weighted by Crippen LogP contribution is 2.48. The largest absolute Gasteiger partial charge is 0.481 e. The third kappa shape index (κ3) is 2.21. The van der Waals surface area contributed by atoms with Crippen LogP contribution >= 0.6 is 0 Å². The number of aromatic nitrogens is 3. The Morgan fingerprint density at radius 3 is 2.29 bits per heavy atom. The molecule has 6 heteroatoms. The van der Waals surface area contributed by atoms with E-state index >= 15 is 0 Å². The maximum absolute atomic E-state index is 13.3. The van der Waals surface area contributed by atoms with Crippen LogP contribution in [0.15, 0.2) is 72.1 Å². The lowest BCUT2D eigenvalue weighted by atomic mass is 9.82. The maximum Gasteiger partial charge on any atom is 0.228 e. The van der Waals surface area contributed by atoms with Gasteiger partial charge in [0.2, 0.25) is 5.78 Å². The van der Waals surface area contributed by atoms with E-state index in [9.17, 15) is 9.59 Å². The summed E-state index contributed by atoms with van der Waals surface area (Å²) in [5.41, 5.74) is 1.97. The molecule has 3 aromatic rings. The Bertz CT molecular complexity index is 1160. The van der Waals surface area contributed by atoms with E-state index in [1.807, 2.05) is 44.2 Å². The Balaban J connectivity index is 1.71. The van der Waals surface area contributed by atoms with Crippen LogP contribution in [0.1, 0.15) is 40.6 Å². The van der Waals surface area contributed by atoms with Crippen molar-refractivity contribution in [3.05, 3.63) is 83.3 Å². The lowest BCUT2D eigenvalue weighted by Gasteiger charge is -2.28. The van der Waals surface area contributed by atoms with Crippen LogP contribution in [0.4, 0.5) is 0 Å². The van der Waals surface area contributed by atoms with Crippen molar-refractivity contribution >= 4 is 11.6 Å². The van der Waals surface area contributed by atoms with Crippen molar-refractivity contribution in [2.24, 2.45) is 0 Å². The third-order valence-corrected chi connectivity index (χ3v) is 5.30. The summed E-state index contributed by atoms with van der Waals surface area (Å²) in [7, 11) is 0. The summed E-state index contributed by atoms with van der Waals surface area (Å²) in [5, 5.41) is 8.34. The van der Waals surface area contributed by atoms with Gasteiger partial charge in [-0.3, -0.25) is 9.59 Å². The standard InChI is InChI=1S/C22H17N3O3/c1-22(2)21(25-16(12-23-24-25)13-8-4-3-5-9-13)17-18(26)14-10-6-7-11-15(14)19(27)20(17)28-22/h3-12,21H,1-2H3. The van der Waals surface area contributed by atoms with Crippen LogP contribution in [0.2, 0.25) is 0 Å². The van der Waals surface area contributed by atoms with Crippen LogP contribution < -0.4 is 0 Å². The van der Waals surface area contributed by atoms with Crippen LogP contribution in [-0.2, 0) is 4.74 Å². The van der Waals surface area contributed by atoms with Gasteiger partial charge in [-0.25, -0.2) is 4.68 Å². The van der Waals surface area contributed by atoms with Gasteiger partial charge >= 0.3 is 0 Å². The van der Waals surface area contributed by atoms with Gasteiger partial charge in [0.15, 0.2) is 11.5 Å². The second-order valence-corrected chi connectivity index (χ2v) is 7.48. The average molecular weight is 371 g/mol. The number of carbonyl (C=O) groups excluding carboxylic acids is 2. The predicted molar refractivity (Wildman–Crippen MR) is 102 cm³/mol. The molecule has 1 atom stereocenters. The smallest absolute Gasteiger partial charge is 0.228 e. The molecular formula is C22H17N3O3. The van der Waals surface area contributed by atoms with E-state index in [1.165, 1.54) is 0 Å². The van der Waals surface area contributed by atoms with Crippen LogP contribution in [0.3, 0.4) is 0 Å². The first-order valence-corrected chi connectivity index (χ1v) is 9.06. The molecule has 1 unspecified atom stereocenters. The molecule has 0 N–H and O–H groups in total. The Hall–Kier alpha value is -3.54. The van der Waals surface area contributed by atoms with Crippen molar-refractivity contribution in [3.8, 4) is 11.3 Å². The summed E-state index contributed by atoms with van der Waals surface area (Å²) >= 11 is 0. The first-order chi connectivity index (χ1) is 13.5. The molecule has 6 nitrogen and oxygen atoms in total. The van der Waals surface area contributed by atoms with E-state index in [0.717, 1.165) is 11.3 Å². The number of hydrogen-bond acceptors (Lipinski definition) is 5. The van der Waals surface area contributed by atoms with Crippen molar-refractivity contribution < 1.29 is 14.3 Å². The fraction of sp³-hybridized carbons (Fsp3) is 0.182. The molecule has 5 rings (SSSR count). The molecule has 0 fully saturated rings. The summed E-state index contributed by atoms with van der Waals surface area (Å²) in [5.74, 6) is -0.342. The van der Waals surface area contributed by atoms with Gasteiger partial charge in [-0.15, -0.1) is 5.10 Å². The molecule has 2 aliphatic rings. The topological polar surface area (TPSA) is 74.1 Å². The quantitative estimate of drug-likeness (QED) is 0.688. The number of nitrogens with zero attached hydrogens (tertiary/aromatic N) is 3. The highest BCUT2D eigenvalue weighted by atomic mass is 16.5. The van der Waals surface area contributed by atoms with Gasteiger partial charge in [-0.1, -0.05) is 59.8 Å². The molecular weight excluding hydrogens is 354 g/mol. The zero-order chi connectivity index (χ0) is 19.5. The fourth-order valence-electron chi connectivity index (χ4n) is 4.05. The third-order valence-electron chi connectivity index (χ3n) is 5.30. The fourth-order valence-corrected chi connectivity index (χ4v) is 4.05. The number of rotatable bonds is 2. The number of allylic oxidation sites excluding steroid dienone is 1. The van der Waals surface area contributed by atoms with Crippen LogP contribution in [0, 0.1) is 0 Å². The van der Waals surface area contributed by atoms with Gasteiger partial charge in [0.25, 0.3) is 0 Å². The molecule has 2 aromatic carbocycles. The summed E-state index contributed by atoms with van der Waals surface area (Å²) < 4.78 is 7.73. The Kier molecular flexibility index (Phi) is 3.40. The number of Topliss-reactive ketones (excluding diaryl/α,β-unsaturated/α-hetero) is 2. The van der Waals surface area contributed by atoms with E-state index in [2.05, 4.69) is 10.3 Å². The number of benzene rings is 2. The van der Waals surface area contributed by atoms with Crippen LogP contribution in [0.25, 0.3) is 11.3 Å². The number of fused-ring (bicyclic) bond motifs is 1. The number of ketones is 2. The van der Waals surface area contributed by atoms with Gasteiger partial charge in [0.05, 0.1) is 17.5 Å². The molecule has 138 valence electrons. The zero-order valence-electron chi connectivity index (χ0n) is 15.4. The molecule has 1 aliphatic carbocycles. The maximum atomic E-state index is 13.3. The van der Waals surface area contributed by atoms with Crippen LogP contribution in [0.5, 0.6) is 0 Å². The van der Waals surface area contributed by atoms with E-state index in [1.54, 1.807) is 35.1 Å². The van der Waals surface area contributed by atoms with E-state index in [4.69, 9.17) is 4.74 Å². The molecule has 0 bridgehead atoms. The summed E-state index contributed by atoms with van der Waals surface area (Å²) in [6.45, 7) is 3.72. The van der Waals surface area contributed by atoms with E-state index < -0.39 is 11.6 Å². The number of carbonyl (C=O) groups is 2. The van der Waals surface area contributed by atoms with Crippen molar-refractivity contribution in [2.45, 2.75) is 25.5 Å². The number of hydrogen-bond donors (Lipinski definition) is 0. The second kappa shape index (κ2) is 5.73. The normalized spacial score (nSPS) is 20.0. The Labute approximate surface area is 161 Å². The minimum Gasteiger partial charge on any atom is -0.481 e. The first kappa shape index (κ1) is 16.6. The average Bonchev–Trinajstić information content (AvgIpc) is 3.28. The van der Waals surface area contributed by atoms with Crippen molar-refractivity contribution in [3.63, 3.8) is 0 Å². The summed E-state index contributed by atoms with van der Waals surface area (Å²) in [4.78, 5) is 26.4. The van der Waals surface area contributed by atoms with Gasteiger partial charge in [0.1, 0.15) is 11.6 Å². The minimum atomic E-state index is -0.838. The van der Waals surface area contributed by atoms with E-state index in [-0.39, 0.29) is 17.3 Å². The molecule has 1 aromatic heterocycles. The van der Waals surface area contributed by atoms with Crippen molar-refractivity contribution in [1.29, 1.82) is 0 Å². The molecule has 28 heavy (non-hydrogen) atoms. The molecule has 0 saturated carbocycles. The SMILES string of the molecule is CC1(C)OC2=C(C(=O)c3ccccc3C2=O)C1n1nncc1-c1ccccc1. The molecule has 2 heterocycles. The Morgan fingerprint density at radius 1 is 0.929 bits per heavy atom. The molecule has 0 amide bonds. The van der Waals surface area contributed by atoms with Gasteiger partial charge in [-0.2, -0.15) is 0 Å². The summed E-state index contributed by atoms with van der Waals surface area (Å²) in [6, 6.07) is 16.0. The highest BCUT2D eigenvalue weighted by molar-refractivity contribution is 6.27. The van der Waals surface area contributed by atoms with Gasteiger partial charge in [-0.05, 0) is 13.8 Å². The zero-order valence-corrected chi connectivity index (χ0v) is 15.4. The Morgan fingerprint density at radius 2 is 1.57 bits per heavy atom. The van der Waals surface area contributed by atoms with Crippen LogP contribution in [-0.4, -0.2) is 32.2 Å². The lowest BCUT2D eigenvalue weighted by molar-refractivity contribution is 0.0250. The molecule has 0 saturated heterocycles. The number of ether oxygens (including phenoxy) is 1. The monoisotopic (exact) mass is 371 g/mol.